The minimum Gasteiger partial charge on any atom is -0.489 e. The molecule has 0 fully saturated rings. The van der Waals surface area contributed by atoms with Crippen LogP contribution in [0.25, 0.3) is 6.08 Å². The molecule has 0 spiro atoms. The molecule has 1 heterocycles. The summed E-state index contributed by atoms with van der Waals surface area (Å²) >= 11 is 0. The minimum atomic E-state index is -0.611. The van der Waals surface area contributed by atoms with Gasteiger partial charge in [0.2, 0.25) is 0 Å². The molecule has 1 aliphatic rings. The third-order valence-corrected chi connectivity index (χ3v) is 9.35. The Kier molecular flexibility index (Phi) is 11.6. The van der Waals surface area contributed by atoms with Crippen LogP contribution < -0.4 is 23.7 Å². The van der Waals surface area contributed by atoms with Crippen LogP contribution in [0.15, 0.2) is 188 Å². The molecule has 278 valence electrons. The maximum atomic E-state index is 6.94. The van der Waals surface area contributed by atoms with E-state index >= 15 is 0 Å². The highest BCUT2D eigenvalue weighted by molar-refractivity contribution is 5.70. The van der Waals surface area contributed by atoms with E-state index in [-0.39, 0.29) is 0 Å². The van der Waals surface area contributed by atoms with Crippen molar-refractivity contribution in [2.45, 2.75) is 39.1 Å². The van der Waals surface area contributed by atoms with Crippen LogP contribution >= 0.6 is 0 Å². The maximum absolute atomic E-state index is 6.94. The van der Waals surface area contributed by atoms with Crippen molar-refractivity contribution in [2.24, 2.45) is 0 Å². The highest BCUT2D eigenvalue weighted by Gasteiger charge is 2.30. The van der Waals surface area contributed by atoms with Crippen molar-refractivity contribution in [1.82, 2.24) is 0 Å². The first kappa shape index (κ1) is 36.1. The molecular weight excluding hydrogens is 697 g/mol. The summed E-state index contributed by atoms with van der Waals surface area (Å²) in [6.45, 7) is 1.90. The lowest BCUT2D eigenvalue weighted by Crippen LogP contribution is -2.18. The van der Waals surface area contributed by atoms with E-state index < -0.39 is 6.10 Å². The van der Waals surface area contributed by atoms with E-state index in [9.17, 15) is 0 Å². The van der Waals surface area contributed by atoms with Gasteiger partial charge >= 0.3 is 0 Å². The Hall–Kier alpha value is -6.92. The molecular formula is C50H42O6. The van der Waals surface area contributed by atoms with E-state index in [0.29, 0.717) is 67.5 Å². The van der Waals surface area contributed by atoms with E-state index in [1.165, 1.54) is 0 Å². The lowest BCUT2D eigenvalue weighted by molar-refractivity contribution is 0.106. The first-order valence-electron chi connectivity index (χ1n) is 18.8. The predicted octanol–water partition coefficient (Wildman–Crippen LogP) is 11.7. The molecule has 0 saturated carbocycles. The normalized spacial score (nSPS) is 13.1. The van der Waals surface area contributed by atoms with Crippen molar-refractivity contribution < 1.29 is 28.4 Å². The van der Waals surface area contributed by atoms with Crippen molar-refractivity contribution in [3.8, 4) is 28.7 Å². The van der Waals surface area contributed by atoms with Crippen molar-refractivity contribution in [3.63, 3.8) is 0 Å². The van der Waals surface area contributed by atoms with E-state index in [0.717, 1.165) is 38.9 Å². The monoisotopic (exact) mass is 738 g/mol. The Labute approximate surface area is 328 Å². The van der Waals surface area contributed by atoms with E-state index in [2.05, 4.69) is 0 Å². The summed E-state index contributed by atoms with van der Waals surface area (Å²) in [6.07, 6.45) is 1.41. The third-order valence-electron chi connectivity index (χ3n) is 9.35. The Morgan fingerprint density at radius 3 is 1.30 bits per heavy atom. The smallest absolute Gasteiger partial charge is 0.181 e. The fourth-order valence-corrected chi connectivity index (χ4v) is 6.38. The van der Waals surface area contributed by atoms with Gasteiger partial charge in [0.1, 0.15) is 56.0 Å². The molecule has 56 heavy (non-hydrogen) atoms. The Bertz CT molecular complexity index is 2330. The Balaban J connectivity index is 1.15. The number of benzene rings is 7. The van der Waals surface area contributed by atoms with Crippen LogP contribution in [0.3, 0.4) is 0 Å². The average molecular weight is 739 g/mol. The standard InChI is InChI=1S/C50H42O6/c1-6-16-37(17-7-1)32-51-43-29-46(53-34-39-20-10-3-11-21-39)44-31-49(55-36-41-24-14-5-15-25-41)50(56-47(44)30-43)42-26-27-45(52-33-38-18-8-2-9-19-38)48(28-42)54-35-40-22-12-4-13-23-40/h1-31,50H,32-36H2/t50-/m1/s1. The van der Waals surface area contributed by atoms with E-state index in [1.54, 1.807) is 0 Å². The number of ether oxygens (including phenoxy) is 6. The lowest BCUT2D eigenvalue weighted by Gasteiger charge is -2.29. The fraction of sp³-hybridized carbons (Fsp3) is 0.120. The molecule has 0 radical (unpaired) electrons. The van der Waals surface area contributed by atoms with Crippen molar-refractivity contribution in [3.05, 3.63) is 227 Å². The fourth-order valence-electron chi connectivity index (χ4n) is 6.38. The van der Waals surface area contributed by atoms with Crippen LogP contribution in [0.4, 0.5) is 0 Å². The summed E-state index contributed by atoms with van der Waals surface area (Å²) in [7, 11) is 0. The van der Waals surface area contributed by atoms with Gasteiger partial charge in [0, 0.05) is 17.7 Å². The van der Waals surface area contributed by atoms with Gasteiger partial charge in [-0.25, -0.2) is 0 Å². The van der Waals surface area contributed by atoms with Gasteiger partial charge in [-0.2, -0.15) is 0 Å². The van der Waals surface area contributed by atoms with Gasteiger partial charge in [0.05, 0.1) is 5.56 Å². The SMILES string of the molecule is C1=C(OCc2ccccc2)[C@@H](c2ccc(OCc3ccccc3)c(OCc3ccccc3)c2)Oc2cc(OCc3ccccc3)cc(OCc3ccccc3)c21. The molecule has 6 nitrogen and oxygen atoms in total. The molecule has 6 heteroatoms. The maximum Gasteiger partial charge on any atom is 0.181 e. The van der Waals surface area contributed by atoms with Gasteiger partial charge in [-0.3, -0.25) is 0 Å². The molecule has 0 aliphatic carbocycles. The van der Waals surface area contributed by atoms with Gasteiger partial charge in [-0.15, -0.1) is 0 Å². The molecule has 0 N–H and O–H groups in total. The third kappa shape index (κ3) is 9.41. The summed E-state index contributed by atoms with van der Waals surface area (Å²) < 4.78 is 39.3. The zero-order valence-electron chi connectivity index (χ0n) is 31.0. The van der Waals surface area contributed by atoms with E-state index in [1.807, 2.05) is 188 Å². The number of rotatable bonds is 16. The summed E-state index contributed by atoms with van der Waals surface area (Å²) in [5.41, 5.74) is 6.88. The molecule has 0 bridgehead atoms. The van der Waals surface area contributed by atoms with Gasteiger partial charge in [-0.1, -0.05) is 158 Å². The first-order chi connectivity index (χ1) is 27.7. The summed E-state index contributed by atoms with van der Waals surface area (Å²) in [5, 5.41) is 0. The molecule has 0 amide bonds. The highest BCUT2D eigenvalue weighted by atomic mass is 16.5. The summed E-state index contributed by atoms with van der Waals surface area (Å²) in [4.78, 5) is 0. The average Bonchev–Trinajstić information content (AvgIpc) is 3.27. The van der Waals surface area contributed by atoms with Gasteiger partial charge < -0.3 is 28.4 Å². The molecule has 0 unspecified atom stereocenters. The van der Waals surface area contributed by atoms with E-state index in [4.69, 9.17) is 28.4 Å². The van der Waals surface area contributed by atoms with Crippen LogP contribution in [0.1, 0.15) is 45.0 Å². The Morgan fingerprint density at radius 1 is 0.375 bits per heavy atom. The van der Waals surface area contributed by atoms with Gasteiger partial charge in [-0.05, 0) is 46.0 Å². The second-order valence-electron chi connectivity index (χ2n) is 13.5. The number of hydrogen-bond donors (Lipinski definition) is 0. The molecule has 1 atom stereocenters. The molecule has 7 aromatic rings. The quantitative estimate of drug-likeness (QED) is 0.0984. The number of fused-ring (bicyclic) bond motifs is 1. The van der Waals surface area contributed by atoms with Crippen LogP contribution in [0, 0.1) is 0 Å². The zero-order chi connectivity index (χ0) is 37.8. The molecule has 0 aromatic heterocycles. The first-order valence-corrected chi connectivity index (χ1v) is 18.8. The van der Waals surface area contributed by atoms with Gasteiger partial charge in [0.25, 0.3) is 0 Å². The molecule has 8 rings (SSSR count). The molecule has 7 aromatic carbocycles. The predicted molar refractivity (Wildman–Crippen MR) is 219 cm³/mol. The van der Waals surface area contributed by atoms with Crippen LogP contribution in [0.5, 0.6) is 28.7 Å². The largest absolute Gasteiger partial charge is 0.489 e. The molecule has 1 aliphatic heterocycles. The number of hydrogen-bond acceptors (Lipinski definition) is 6. The van der Waals surface area contributed by atoms with Crippen molar-refractivity contribution in [1.29, 1.82) is 0 Å². The minimum absolute atomic E-state index is 0.357. The lowest BCUT2D eigenvalue weighted by atomic mass is 10.0. The Morgan fingerprint density at radius 2 is 0.804 bits per heavy atom. The van der Waals surface area contributed by atoms with Crippen molar-refractivity contribution in [2.75, 3.05) is 0 Å². The topological polar surface area (TPSA) is 55.4 Å². The summed E-state index contributed by atoms with van der Waals surface area (Å²) in [5.74, 6) is 3.75. The van der Waals surface area contributed by atoms with Crippen LogP contribution in [-0.2, 0) is 37.8 Å². The zero-order valence-corrected chi connectivity index (χ0v) is 31.0. The van der Waals surface area contributed by atoms with Crippen LogP contribution in [0.2, 0.25) is 0 Å². The summed E-state index contributed by atoms with van der Waals surface area (Å²) in [6, 6.07) is 60.3. The second-order valence-corrected chi connectivity index (χ2v) is 13.5. The molecule has 0 saturated heterocycles. The second kappa shape index (κ2) is 17.9. The van der Waals surface area contributed by atoms with Gasteiger partial charge in [0.15, 0.2) is 17.6 Å². The van der Waals surface area contributed by atoms with Crippen molar-refractivity contribution >= 4 is 6.08 Å². The van der Waals surface area contributed by atoms with Crippen LogP contribution in [-0.4, -0.2) is 0 Å². The highest BCUT2D eigenvalue weighted by Crippen LogP contribution is 2.46.